The summed E-state index contributed by atoms with van der Waals surface area (Å²) in [6, 6.07) is 12.2. The Labute approximate surface area is 182 Å². The lowest BCUT2D eigenvalue weighted by molar-refractivity contribution is 0.312. The summed E-state index contributed by atoms with van der Waals surface area (Å²) < 4.78 is 0. The molecule has 4 aromatic rings. The lowest BCUT2D eigenvalue weighted by Crippen LogP contribution is -2.21. The van der Waals surface area contributed by atoms with Crippen LogP contribution in [0, 0.1) is 5.41 Å². The van der Waals surface area contributed by atoms with Crippen molar-refractivity contribution in [1.29, 1.82) is 0 Å². The Hall–Kier alpha value is -3.54. The van der Waals surface area contributed by atoms with Crippen LogP contribution in [0.3, 0.4) is 0 Å². The number of hydrogen-bond donors (Lipinski definition) is 2. The lowest BCUT2D eigenvalue weighted by Gasteiger charge is -2.29. The Balaban J connectivity index is 1.53. The van der Waals surface area contributed by atoms with E-state index in [1.807, 2.05) is 30.6 Å². The Morgan fingerprint density at radius 1 is 1.03 bits per heavy atom. The van der Waals surface area contributed by atoms with Crippen molar-refractivity contribution in [2.75, 3.05) is 5.32 Å². The third kappa shape index (κ3) is 4.19. The van der Waals surface area contributed by atoms with Crippen molar-refractivity contribution in [3.05, 3.63) is 78.0 Å². The van der Waals surface area contributed by atoms with Crippen molar-refractivity contribution >= 4 is 5.82 Å². The molecule has 4 heterocycles. The highest BCUT2D eigenvalue weighted by Crippen LogP contribution is 2.38. The molecular weight excluding hydrogens is 384 g/mol. The van der Waals surface area contributed by atoms with Crippen molar-refractivity contribution in [2.24, 2.45) is 5.41 Å². The fraction of sp³-hybridized carbons (Fsp3) is 0.280. The van der Waals surface area contributed by atoms with Gasteiger partial charge in [-0.1, -0.05) is 19.9 Å². The number of aromatic nitrogens is 5. The van der Waals surface area contributed by atoms with E-state index in [1.54, 1.807) is 12.4 Å². The SMILES string of the molecule is CC1(C)CCc2c(-c3cc(NCc4cccnc4)nc(-c4cccnc4)c3)n[nH]c2C1. The molecule has 0 fully saturated rings. The highest BCUT2D eigenvalue weighted by Gasteiger charge is 2.29. The van der Waals surface area contributed by atoms with Gasteiger partial charge in [0.25, 0.3) is 0 Å². The van der Waals surface area contributed by atoms with Gasteiger partial charge < -0.3 is 5.32 Å². The predicted octanol–water partition coefficient (Wildman–Crippen LogP) is 5.06. The van der Waals surface area contributed by atoms with E-state index in [-0.39, 0.29) is 0 Å². The summed E-state index contributed by atoms with van der Waals surface area (Å²) >= 11 is 0. The summed E-state index contributed by atoms with van der Waals surface area (Å²) in [5.41, 5.74) is 7.98. The van der Waals surface area contributed by atoms with Crippen LogP contribution in [-0.4, -0.2) is 25.1 Å². The van der Waals surface area contributed by atoms with Crippen LogP contribution in [0.25, 0.3) is 22.5 Å². The van der Waals surface area contributed by atoms with Crippen molar-refractivity contribution < 1.29 is 0 Å². The molecule has 0 spiro atoms. The standard InChI is InChI=1S/C25H26N6/c1-25(2)8-7-20-22(13-25)30-31-24(20)19-11-21(18-6-4-10-27-16-18)29-23(12-19)28-15-17-5-3-9-26-14-17/h3-6,9-12,14,16H,7-8,13,15H2,1-2H3,(H,28,29)(H,30,31). The second kappa shape index (κ2) is 7.95. The second-order valence-corrected chi connectivity index (χ2v) is 8.95. The predicted molar refractivity (Wildman–Crippen MR) is 122 cm³/mol. The van der Waals surface area contributed by atoms with Crippen LogP contribution in [0.2, 0.25) is 0 Å². The number of H-pyrrole nitrogens is 1. The van der Waals surface area contributed by atoms with E-state index in [2.05, 4.69) is 52.4 Å². The van der Waals surface area contributed by atoms with Crippen molar-refractivity contribution in [2.45, 2.75) is 39.7 Å². The summed E-state index contributed by atoms with van der Waals surface area (Å²) in [5, 5.41) is 11.5. The van der Waals surface area contributed by atoms with Crippen molar-refractivity contribution in [1.82, 2.24) is 25.1 Å². The fourth-order valence-electron chi connectivity index (χ4n) is 4.20. The summed E-state index contributed by atoms with van der Waals surface area (Å²) in [6.45, 7) is 5.30. The molecular formula is C25H26N6. The van der Waals surface area contributed by atoms with E-state index in [0.29, 0.717) is 12.0 Å². The molecule has 1 aliphatic rings. The van der Waals surface area contributed by atoms with Gasteiger partial charge in [-0.3, -0.25) is 15.1 Å². The average molecular weight is 411 g/mol. The Bertz CT molecular complexity index is 1180. The van der Waals surface area contributed by atoms with Crippen molar-refractivity contribution in [3.63, 3.8) is 0 Å². The first-order chi connectivity index (χ1) is 15.1. The monoisotopic (exact) mass is 410 g/mol. The van der Waals surface area contributed by atoms with E-state index >= 15 is 0 Å². The van der Waals surface area contributed by atoms with Gasteiger partial charge in [-0.15, -0.1) is 0 Å². The molecule has 0 amide bonds. The maximum Gasteiger partial charge on any atom is 0.127 e. The van der Waals surface area contributed by atoms with Crippen LogP contribution in [0.4, 0.5) is 5.82 Å². The van der Waals surface area contributed by atoms with E-state index < -0.39 is 0 Å². The van der Waals surface area contributed by atoms with Gasteiger partial charge in [-0.05, 0) is 60.6 Å². The average Bonchev–Trinajstić information content (AvgIpc) is 3.20. The Morgan fingerprint density at radius 2 is 1.87 bits per heavy atom. The maximum absolute atomic E-state index is 4.85. The normalized spacial score (nSPS) is 14.8. The van der Waals surface area contributed by atoms with Gasteiger partial charge in [0.15, 0.2) is 0 Å². The van der Waals surface area contributed by atoms with Gasteiger partial charge in [0.05, 0.1) is 11.4 Å². The Kier molecular flexibility index (Phi) is 4.98. The number of anilines is 1. The zero-order valence-corrected chi connectivity index (χ0v) is 17.9. The quantitative estimate of drug-likeness (QED) is 0.481. The first kappa shape index (κ1) is 19.4. The number of pyridine rings is 3. The van der Waals surface area contributed by atoms with Gasteiger partial charge in [0, 0.05) is 53.7 Å². The number of fused-ring (bicyclic) bond motifs is 1. The summed E-state index contributed by atoms with van der Waals surface area (Å²) in [5.74, 6) is 0.813. The summed E-state index contributed by atoms with van der Waals surface area (Å²) in [6.07, 6.45) is 10.5. The summed E-state index contributed by atoms with van der Waals surface area (Å²) in [4.78, 5) is 13.3. The molecule has 0 aromatic carbocycles. The molecule has 0 radical (unpaired) electrons. The zero-order valence-electron chi connectivity index (χ0n) is 17.9. The molecule has 0 saturated heterocycles. The minimum Gasteiger partial charge on any atom is -0.366 e. The van der Waals surface area contributed by atoms with Crippen LogP contribution in [0.15, 0.2) is 61.2 Å². The van der Waals surface area contributed by atoms with E-state index in [4.69, 9.17) is 10.1 Å². The molecule has 0 unspecified atom stereocenters. The molecule has 1 aliphatic carbocycles. The van der Waals surface area contributed by atoms with Crippen LogP contribution < -0.4 is 5.32 Å². The van der Waals surface area contributed by atoms with Crippen LogP contribution in [-0.2, 0) is 19.4 Å². The van der Waals surface area contributed by atoms with Gasteiger partial charge in [-0.2, -0.15) is 5.10 Å². The number of hydrogen-bond acceptors (Lipinski definition) is 5. The second-order valence-electron chi connectivity index (χ2n) is 8.95. The van der Waals surface area contributed by atoms with E-state index in [0.717, 1.165) is 46.7 Å². The molecule has 4 aromatic heterocycles. The van der Waals surface area contributed by atoms with Gasteiger partial charge in [0.2, 0.25) is 0 Å². The Morgan fingerprint density at radius 3 is 2.65 bits per heavy atom. The van der Waals surface area contributed by atoms with E-state index in [1.165, 1.54) is 17.7 Å². The first-order valence-corrected chi connectivity index (χ1v) is 10.7. The number of aromatic amines is 1. The molecule has 6 nitrogen and oxygen atoms in total. The lowest BCUT2D eigenvalue weighted by atomic mass is 9.76. The highest BCUT2D eigenvalue weighted by atomic mass is 15.1. The minimum absolute atomic E-state index is 0.312. The van der Waals surface area contributed by atoms with Crippen molar-refractivity contribution in [3.8, 4) is 22.5 Å². The molecule has 5 rings (SSSR count). The molecule has 0 bridgehead atoms. The third-order valence-electron chi connectivity index (χ3n) is 5.91. The van der Waals surface area contributed by atoms with Gasteiger partial charge in [-0.25, -0.2) is 4.98 Å². The molecule has 31 heavy (non-hydrogen) atoms. The first-order valence-electron chi connectivity index (χ1n) is 10.7. The molecule has 2 N–H and O–H groups in total. The van der Waals surface area contributed by atoms with Gasteiger partial charge in [0.1, 0.15) is 5.82 Å². The smallest absolute Gasteiger partial charge is 0.127 e. The maximum atomic E-state index is 4.85. The van der Waals surface area contributed by atoms with Crippen LogP contribution >= 0.6 is 0 Å². The number of nitrogens with one attached hydrogen (secondary N) is 2. The minimum atomic E-state index is 0.312. The van der Waals surface area contributed by atoms with Crippen LogP contribution in [0.5, 0.6) is 0 Å². The zero-order chi connectivity index (χ0) is 21.3. The van der Waals surface area contributed by atoms with E-state index in [9.17, 15) is 0 Å². The molecule has 0 atom stereocenters. The molecule has 0 saturated carbocycles. The molecule has 6 heteroatoms. The third-order valence-corrected chi connectivity index (χ3v) is 5.91. The topological polar surface area (TPSA) is 79.4 Å². The summed E-state index contributed by atoms with van der Waals surface area (Å²) in [7, 11) is 0. The number of rotatable bonds is 5. The highest BCUT2D eigenvalue weighted by molar-refractivity contribution is 5.74. The fourth-order valence-corrected chi connectivity index (χ4v) is 4.20. The van der Waals surface area contributed by atoms with Crippen LogP contribution in [0.1, 0.15) is 37.1 Å². The number of nitrogens with zero attached hydrogens (tertiary/aromatic N) is 4. The molecule has 0 aliphatic heterocycles. The van der Waals surface area contributed by atoms with Gasteiger partial charge >= 0.3 is 0 Å². The largest absolute Gasteiger partial charge is 0.366 e. The molecule has 156 valence electrons.